The molecule has 25 heavy (non-hydrogen) atoms. The molecule has 0 bridgehead atoms. The van der Waals surface area contributed by atoms with Crippen LogP contribution in [0.4, 0.5) is 24.9 Å². The Morgan fingerprint density at radius 1 is 1.16 bits per heavy atom. The summed E-state index contributed by atoms with van der Waals surface area (Å²) in [5, 5.41) is 9.15. The van der Waals surface area contributed by atoms with Crippen LogP contribution in [0.3, 0.4) is 0 Å². The van der Waals surface area contributed by atoms with E-state index in [0.29, 0.717) is 25.9 Å². The number of nitrogens with zero attached hydrogens (tertiary/aromatic N) is 4. The Morgan fingerprint density at radius 3 is 2.32 bits per heavy atom. The number of carboxylic acid groups (broad SMARTS) is 1. The summed E-state index contributed by atoms with van der Waals surface area (Å²) in [5.74, 6) is -1.02. The Kier molecular flexibility index (Phi) is 4.51. The lowest BCUT2D eigenvalue weighted by Crippen LogP contribution is -2.47. The topological polar surface area (TPSA) is 69.6 Å². The van der Waals surface area contributed by atoms with Gasteiger partial charge < -0.3 is 14.9 Å². The first-order valence-corrected chi connectivity index (χ1v) is 8.39. The maximum Gasteiger partial charge on any atom is 0.433 e. The highest BCUT2D eigenvalue weighted by molar-refractivity contribution is 5.70. The molecule has 0 amide bonds. The van der Waals surface area contributed by atoms with Crippen molar-refractivity contribution < 1.29 is 23.1 Å². The van der Waals surface area contributed by atoms with Crippen LogP contribution in [-0.4, -0.2) is 46.2 Å². The molecule has 6 nitrogen and oxygen atoms in total. The fourth-order valence-corrected chi connectivity index (χ4v) is 3.39. The lowest BCUT2D eigenvalue weighted by atomic mass is 9.92. The van der Waals surface area contributed by atoms with Gasteiger partial charge >= 0.3 is 12.1 Å². The fourth-order valence-electron chi connectivity index (χ4n) is 3.39. The number of hydrogen-bond donors (Lipinski definition) is 1. The van der Waals surface area contributed by atoms with Crippen LogP contribution >= 0.6 is 0 Å². The summed E-state index contributed by atoms with van der Waals surface area (Å²) in [4.78, 5) is 22.7. The van der Waals surface area contributed by atoms with Crippen LogP contribution in [0.5, 0.6) is 0 Å². The summed E-state index contributed by atoms with van der Waals surface area (Å²) in [7, 11) is 0. The molecular formula is C16H21F3N4O2. The smallest absolute Gasteiger partial charge is 0.433 e. The molecule has 3 atom stereocenters. The van der Waals surface area contributed by atoms with Crippen molar-refractivity contribution in [2.75, 3.05) is 22.9 Å². The van der Waals surface area contributed by atoms with E-state index in [2.05, 4.69) is 9.97 Å². The third kappa shape index (κ3) is 3.50. The van der Waals surface area contributed by atoms with Crippen molar-refractivity contribution in [1.82, 2.24) is 9.97 Å². The van der Waals surface area contributed by atoms with Gasteiger partial charge in [-0.05, 0) is 33.1 Å². The van der Waals surface area contributed by atoms with E-state index < -0.39 is 23.8 Å². The molecule has 3 rings (SSSR count). The molecule has 2 fully saturated rings. The first kappa shape index (κ1) is 17.8. The molecule has 0 spiro atoms. The van der Waals surface area contributed by atoms with E-state index >= 15 is 0 Å². The largest absolute Gasteiger partial charge is 0.481 e. The van der Waals surface area contributed by atoms with Gasteiger partial charge in [0.1, 0.15) is 5.82 Å². The zero-order valence-electron chi connectivity index (χ0n) is 14.1. The van der Waals surface area contributed by atoms with Crippen molar-refractivity contribution in [3.63, 3.8) is 0 Å². The molecule has 2 saturated heterocycles. The van der Waals surface area contributed by atoms with Crippen LogP contribution in [-0.2, 0) is 11.0 Å². The molecule has 2 unspecified atom stereocenters. The zero-order chi connectivity index (χ0) is 18.4. The average Bonchev–Trinajstić information content (AvgIpc) is 2.52. The van der Waals surface area contributed by atoms with Crippen molar-refractivity contribution in [2.45, 2.75) is 51.4 Å². The van der Waals surface area contributed by atoms with E-state index in [1.54, 1.807) is 9.80 Å². The second kappa shape index (κ2) is 6.34. The van der Waals surface area contributed by atoms with Crippen molar-refractivity contribution >= 4 is 17.7 Å². The van der Waals surface area contributed by atoms with Gasteiger partial charge in [-0.25, -0.2) is 4.98 Å². The highest BCUT2D eigenvalue weighted by atomic mass is 19.4. The Bertz CT molecular complexity index is 667. The van der Waals surface area contributed by atoms with E-state index in [9.17, 15) is 18.0 Å². The maximum atomic E-state index is 13.3. The van der Waals surface area contributed by atoms with E-state index in [1.165, 1.54) is 0 Å². The summed E-state index contributed by atoms with van der Waals surface area (Å²) in [5.41, 5.74) is -0.959. The Morgan fingerprint density at radius 2 is 1.84 bits per heavy atom. The van der Waals surface area contributed by atoms with Gasteiger partial charge in [0.05, 0.1) is 5.92 Å². The van der Waals surface area contributed by atoms with Crippen LogP contribution in [0, 0.1) is 5.92 Å². The predicted molar refractivity (Wildman–Crippen MR) is 85.6 cm³/mol. The van der Waals surface area contributed by atoms with Crippen molar-refractivity contribution in [3.05, 3.63) is 11.8 Å². The molecule has 9 heteroatoms. The Hall–Kier alpha value is -2.06. The molecule has 1 aromatic heterocycles. The number of hydrogen-bond acceptors (Lipinski definition) is 5. The number of rotatable bonds is 3. The van der Waals surface area contributed by atoms with Crippen molar-refractivity contribution in [3.8, 4) is 0 Å². The number of alkyl halides is 3. The average molecular weight is 358 g/mol. The fraction of sp³-hybridized carbons (Fsp3) is 0.688. The molecule has 0 aliphatic carbocycles. The quantitative estimate of drug-likeness (QED) is 0.896. The Labute approximate surface area is 143 Å². The zero-order valence-corrected chi connectivity index (χ0v) is 14.1. The maximum absolute atomic E-state index is 13.3. The highest BCUT2D eigenvalue weighted by Gasteiger charge is 2.38. The van der Waals surface area contributed by atoms with Crippen LogP contribution in [0.1, 0.15) is 38.8 Å². The molecular weight excluding hydrogens is 337 g/mol. The predicted octanol–water partition coefficient (Wildman–Crippen LogP) is 2.78. The first-order valence-electron chi connectivity index (χ1n) is 8.39. The van der Waals surface area contributed by atoms with Gasteiger partial charge in [-0.2, -0.15) is 18.2 Å². The molecule has 0 aromatic carbocycles. The minimum atomic E-state index is -4.55. The Balaban J connectivity index is 1.92. The second-order valence-electron chi connectivity index (χ2n) is 6.84. The van der Waals surface area contributed by atoms with Gasteiger partial charge in [0, 0.05) is 31.2 Å². The third-order valence-corrected chi connectivity index (χ3v) is 5.09. The molecule has 1 N–H and O–H groups in total. The number of aliphatic carboxylic acids is 1. The first-order chi connectivity index (χ1) is 11.7. The number of aromatic nitrogens is 2. The lowest BCUT2D eigenvalue weighted by molar-refractivity contribution is -0.142. The van der Waals surface area contributed by atoms with Gasteiger partial charge in [-0.1, -0.05) is 0 Å². The molecule has 3 heterocycles. The summed E-state index contributed by atoms with van der Waals surface area (Å²) >= 11 is 0. The van der Waals surface area contributed by atoms with Crippen LogP contribution in [0.25, 0.3) is 0 Å². The SMILES string of the molecule is CC1CCN1c1nc(N2CCC(C(=O)O)C[C@@H]2C)cc(C(F)(F)F)n1. The second-order valence-corrected chi connectivity index (χ2v) is 6.84. The van der Waals surface area contributed by atoms with Crippen molar-refractivity contribution in [1.29, 1.82) is 0 Å². The minimum absolute atomic E-state index is 0.0936. The van der Waals surface area contributed by atoms with Gasteiger partial charge in [0.2, 0.25) is 5.95 Å². The highest BCUT2D eigenvalue weighted by Crippen LogP contribution is 2.35. The molecule has 2 aliphatic rings. The number of carboxylic acids is 1. The standard InChI is InChI=1S/C16H21F3N4O2/c1-9-3-5-23(9)15-20-12(16(17,18)19)8-13(21-15)22-6-4-11(14(24)25)7-10(22)2/h8-11H,3-7H2,1-2H3,(H,24,25)/t9?,10-,11?/m0/s1. The summed E-state index contributed by atoms with van der Waals surface area (Å²) in [6.07, 6.45) is -2.88. The monoisotopic (exact) mass is 358 g/mol. The van der Waals surface area contributed by atoms with E-state index in [0.717, 1.165) is 12.5 Å². The normalized spacial score (nSPS) is 27.2. The lowest BCUT2D eigenvalue weighted by Gasteiger charge is -2.40. The van der Waals surface area contributed by atoms with Gasteiger partial charge in [0.15, 0.2) is 5.69 Å². The molecule has 2 aliphatic heterocycles. The van der Waals surface area contributed by atoms with E-state index in [4.69, 9.17) is 5.11 Å². The van der Waals surface area contributed by atoms with Gasteiger partial charge in [-0.3, -0.25) is 4.79 Å². The summed E-state index contributed by atoms with van der Waals surface area (Å²) in [6, 6.07) is 0.880. The molecule has 1 aromatic rings. The minimum Gasteiger partial charge on any atom is -0.481 e. The van der Waals surface area contributed by atoms with Crippen LogP contribution < -0.4 is 9.80 Å². The number of anilines is 2. The van der Waals surface area contributed by atoms with E-state index in [-0.39, 0.29) is 23.8 Å². The number of halogens is 3. The molecule has 0 radical (unpaired) electrons. The summed E-state index contributed by atoms with van der Waals surface area (Å²) < 4.78 is 39.8. The number of carbonyl (C=O) groups is 1. The number of piperidine rings is 1. The van der Waals surface area contributed by atoms with Gasteiger partial charge in [-0.15, -0.1) is 0 Å². The van der Waals surface area contributed by atoms with Crippen LogP contribution in [0.15, 0.2) is 6.07 Å². The summed E-state index contributed by atoms with van der Waals surface area (Å²) in [6.45, 7) is 4.74. The van der Waals surface area contributed by atoms with Crippen LogP contribution in [0.2, 0.25) is 0 Å². The third-order valence-electron chi connectivity index (χ3n) is 5.09. The van der Waals surface area contributed by atoms with Gasteiger partial charge in [0.25, 0.3) is 0 Å². The molecule has 0 saturated carbocycles. The van der Waals surface area contributed by atoms with Crippen molar-refractivity contribution in [2.24, 2.45) is 5.92 Å². The van der Waals surface area contributed by atoms with E-state index in [1.807, 2.05) is 13.8 Å². The molecule has 138 valence electrons.